The molecule has 0 saturated heterocycles. The molecule has 1 atom stereocenters. The van der Waals surface area contributed by atoms with Crippen LogP contribution >= 0.6 is 0 Å². The van der Waals surface area contributed by atoms with Gasteiger partial charge in [0.1, 0.15) is 0 Å². The molecule has 0 aliphatic carbocycles. The van der Waals surface area contributed by atoms with E-state index in [0.29, 0.717) is 18.6 Å². The number of nitrogens with one attached hydrogen (secondary N) is 1. The average Bonchev–Trinajstić information content (AvgIpc) is 2.88. The standard InChI is InChI=1S/C15H21N3O4S/c1-11-6-4-7-13(10-11)12(2)23(20,21)15-17-16-14(19)18(15)8-5-9-22-3/h4,6-7,10,12H,5,8-9H2,1-3H3,(H,16,19). The van der Waals surface area contributed by atoms with Crippen LogP contribution in [0.2, 0.25) is 0 Å². The molecule has 1 aromatic heterocycles. The van der Waals surface area contributed by atoms with E-state index in [0.717, 1.165) is 10.1 Å². The number of hydrogen-bond acceptors (Lipinski definition) is 5. The van der Waals surface area contributed by atoms with E-state index >= 15 is 0 Å². The Labute approximate surface area is 135 Å². The number of H-pyrrole nitrogens is 1. The molecule has 0 fully saturated rings. The number of aromatic nitrogens is 3. The minimum Gasteiger partial charge on any atom is -0.385 e. The summed E-state index contributed by atoms with van der Waals surface area (Å²) in [6.45, 7) is 4.17. The number of hydrogen-bond donors (Lipinski definition) is 1. The van der Waals surface area contributed by atoms with Crippen LogP contribution in [-0.4, -0.2) is 36.9 Å². The molecule has 1 unspecified atom stereocenters. The summed E-state index contributed by atoms with van der Waals surface area (Å²) in [6.07, 6.45) is 0.525. The lowest BCUT2D eigenvalue weighted by Crippen LogP contribution is -2.23. The summed E-state index contributed by atoms with van der Waals surface area (Å²) in [5, 5.41) is 4.94. The Bertz CT molecular complexity index is 823. The number of benzene rings is 1. The molecule has 7 nitrogen and oxygen atoms in total. The summed E-state index contributed by atoms with van der Waals surface area (Å²) >= 11 is 0. The fourth-order valence-electron chi connectivity index (χ4n) is 2.34. The molecule has 2 rings (SSSR count). The van der Waals surface area contributed by atoms with Gasteiger partial charge in [0, 0.05) is 20.3 Å². The molecular weight excluding hydrogens is 318 g/mol. The van der Waals surface area contributed by atoms with Gasteiger partial charge >= 0.3 is 5.69 Å². The quantitative estimate of drug-likeness (QED) is 0.771. The number of nitrogens with zero attached hydrogens (tertiary/aromatic N) is 2. The first kappa shape index (κ1) is 17.4. The van der Waals surface area contributed by atoms with Crippen LogP contribution in [-0.2, 0) is 21.1 Å². The lowest BCUT2D eigenvalue weighted by Gasteiger charge is -2.14. The van der Waals surface area contributed by atoms with E-state index in [1.165, 1.54) is 0 Å². The third-order valence-corrected chi connectivity index (χ3v) is 5.71. The zero-order chi connectivity index (χ0) is 17.0. The minimum atomic E-state index is -3.78. The first-order valence-electron chi connectivity index (χ1n) is 7.32. The molecule has 1 N–H and O–H groups in total. The van der Waals surface area contributed by atoms with Crippen molar-refractivity contribution in [2.75, 3.05) is 13.7 Å². The molecule has 8 heteroatoms. The van der Waals surface area contributed by atoms with E-state index in [-0.39, 0.29) is 11.7 Å². The van der Waals surface area contributed by atoms with Crippen LogP contribution in [0.3, 0.4) is 0 Å². The highest BCUT2D eigenvalue weighted by atomic mass is 32.2. The van der Waals surface area contributed by atoms with E-state index in [4.69, 9.17) is 4.74 Å². The van der Waals surface area contributed by atoms with E-state index in [2.05, 4.69) is 10.2 Å². The van der Waals surface area contributed by atoms with Crippen LogP contribution in [0.1, 0.15) is 29.7 Å². The van der Waals surface area contributed by atoms with Crippen molar-refractivity contribution in [2.24, 2.45) is 0 Å². The third kappa shape index (κ3) is 3.70. The highest BCUT2D eigenvalue weighted by Gasteiger charge is 2.30. The first-order chi connectivity index (χ1) is 10.9. The molecule has 2 aromatic rings. The predicted molar refractivity (Wildman–Crippen MR) is 86.1 cm³/mol. The van der Waals surface area contributed by atoms with E-state index < -0.39 is 20.8 Å². The topological polar surface area (TPSA) is 94.0 Å². The summed E-state index contributed by atoms with van der Waals surface area (Å²) in [4.78, 5) is 11.8. The van der Waals surface area contributed by atoms with Gasteiger partial charge in [-0.15, -0.1) is 5.10 Å². The Kier molecular flexibility index (Phi) is 5.38. The zero-order valence-electron chi connectivity index (χ0n) is 13.4. The molecule has 1 heterocycles. The van der Waals surface area contributed by atoms with Crippen molar-refractivity contribution < 1.29 is 13.2 Å². The van der Waals surface area contributed by atoms with Gasteiger partial charge in [-0.05, 0) is 25.8 Å². The van der Waals surface area contributed by atoms with Crippen molar-refractivity contribution in [1.82, 2.24) is 14.8 Å². The Morgan fingerprint density at radius 2 is 2.13 bits per heavy atom. The molecule has 23 heavy (non-hydrogen) atoms. The van der Waals surface area contributed by atoms with E-state index in [9.17, 15) is 13.2 Å². The molecule has 0 radical (unpaired) electrons. The van der Waals surface area contributed by atoms with Gasteiger partial charge in [0.15, 0.2) is 0 Å². The normalized spacial score (nSPS) is 13.2. The third-order valence-electron chi connectivity index (χ3n) is 3.68. The van der Waals surface area contributed by atoms with Crippen LogP contribution in [0.4, 0.5) is 0 Å². The van der Waals surface area contributed by atoms with E-state index in [1.807, 2.05) is 25.1 Å². The van der Waals surface area contributed by atoms with Gasteiger partial charge in [-0.1, -0.05) is 29.8 Å². The number of aromatic amines is 1. The predicted octanol–water partition coefficient (Wildman–Crippen LogP) is 1.45. The number of aryl methyl sites for hydroxylation is 1. The van der Waals surface area contributed by atoms with Crippen LogP contribution in [0.25, 0.3) is 0 Å². The largest absolute Gasteiger partial charge is 0.385 e. The lowest BCUT2D eigenvalue weighted by molar-refractivity contribution is 0.189. The van der Waals surface area contributed by atoms with Crippen molar-refractivity contribution >= 4 is 9.84 Å². The second-order valence-electron chi connectivity index (χ2n) is 5.41. The fourth-order valence-corrected chi connectivity index (χ4v) is 3.82. The van der Waals surface area contributed by atoms with Crippen LogP contribution in [0, 0.1) is 6.92 Å². The molecule has 0 aliphatic heterocycles. The Morgan fingerprint density at radius 3 is 2.78 bits per heavy atom. The summed E-state index contributed by atoms with van der Waals surface area (Å²) in [5.41, 5.74) is 1.11. The van der Waals surface area contributed by atoms with Gasteiger partial charge in [0.2, 0.25) is 9.84 Å². The van der Waals surface area contributed by atoms with Crippen LogP contribution in [0.5, 0.6) is 0 Å². The highest BCUT2D eigenvalue weighted by Crippen LogP contribution is 2.27. The van der Waals surface area contributed by atoms with Crippen molar-refractivity contribution in [1.29, 1.82) is 0 Å². The second kappa shape index (κ2) is 7.10. The summed E-state index contributed by atoms with van der Waals surface area (Å²) in [7, 11) is -2.22. The first-order valence-corrected chi connectivity index (χ1v) is 8.87. The van der Waals surface area contributed by atoms with Gasteiger partial charge in [-0.25, -0.2) is 18.3 Å². The molecule has 0 saturated carbocycles. The number of rotatable bonds is 7. The van der Waals surface area contributed by atoms with Crippen molar-refractivity contribution in [3.05, 3.63) is 45.9 Å². The van der Waals surface area contributed by atoms with Gasteiger partial charge in [0.25, 0.3) is 5.16 Å². The van der Waals surface area contributed by atoms with Gasteiger partial charge in [-0.3, -0.25) is 4.57 Å². The molecular formula is C15H21N3O4S. The molecule has 0 aliphatic rings. The zero-order valence-corrected chi connectivity index (χ0v) is 14.3. The minimum absolute atomic E-state index is 0.229. The smallest absolute Gasteiger partial charge is 0.344 e. The highest BCUT2D eigenvalue weighted by molar-refractivity contribution is 7.91. The Balaban J connectivity index is 2.38. The fraction of sp³-hybridized carbons (Fsp3) is 0.467. The van der Waals surface area contributed by atoms with Crippen molar-refractivity contribution in [3.63, 3.8) is 0 Å². The molecule has 0 spiro atoms. The van der Waals surface area contributed by atoms with Crippen molar-refractivity contribution in [2.45, 2.75) is 37.2 Å². The number of sulfone groups is 1. The summed E-state index contributed by atoms with van der Waals surface area (Å²) in [6, 6.07) is 7.29. The maximum absolute atomic E-state index is 12.8. The Morgan fingerprint density at radius 1 is 1.39 bits per heavy atom. The van der Waals surface area contributed by atoms with Gasteiger partial charge in [0.05, 0.1) is 5.25 Å². The second-order valence-corrected chi connectivity index (χ2v) is 7.57. The van der Waals surface area contributed by atoms with Crippen LogP contribution < -0.4 is 5.69 Å². The molecule has 0 bridgehead atoms. The van der Waals surface area contributed by atoms with Gasteiger partial charge in [-0.2, -0.15) is 0 Å². The maximum Gasteiger partial charge on any atom is 0.344 e. The SMILES string of the molecule is COCCCn1c(S(=O)(=O)C(C)c2cccc(C)c2)n[nH]c1=O. The number of ether oxygens (including phenoxy) is 1. The summed E-state index contributed by atoms with van der Waals surface area (Å²) in [5.74, 6) is 0. The Hall–Kier alpha value is -1.93. The average molecular weight is 339 g/mol. The maximum atomic E-state index is 12.8. The summed E-state index contributed by atoms with van der Waals surface area (Å²) < 4.78 is 31.8. The van der Waals surface area contributed by atoms with E-state index in [1.54, 1.807) is 20.1 Å². The molecule has 0 amide bonds. The number of methoxy groups -OCH3 is 1. The van der Waals surface area contributed by atoms with Crippen molar-refractivity contribution in [3.8, 4) is 0 Å². The molecule has 126 valence electrons. The molecule has 1 aromatic carbocycles. The van der Waals surface area contributed by atoms with Gasteiger partial charge < -0.3 is 4.74 Å². The lowest BCUT2D eigenvalue weighted by atomic mass is 10.1. The monoisotopic (exact) mass is 339 g/mol. The van der Waals surface area contributed by atoms with Crippen LogP contribution in [0.15, 0.2) is 34.2 Å².